The summed E-state index contributed by atoms with van der Waals surface area (Å²) in [6, 6.07) is 0. The van der Waals surface area contributed by atoms with Crippen LogP contribution in [-0.2, 0) is 29.2 Å². The number of aromatic nitrogens is 2. The highest BCUT2D eigenvalue weighted by atomic mass is 32.2. The third-order valence-corrected chi connectivity index (χ3v) is 6.01. The molecule has 19 heavy (non-hydrogen) atoms. The van der Waals surface area contributed by atoms with Crippen molar-refractivity contribution in [1.82, 2.24) is 9.55 Å². The van der Waals surface area contributed by atoms with Gasteiger partial charge in [-0.25, -0.2) is 13.4 Å². The summed E-state index contributed by atoms with van der Waals surface area (Å²) in [6.45, 7) is 0.830. The zero-order chi connectivity index (χ0) is 13.5. The van der Waals surface area contributed by atoms with Gasteiger partial charge in [0.15, 0.2) is 0 Å². The van der Waals surface area contributed by atoms with E-state index in [1.165, 1.54) is 0 Å². The largest absolute Gasteiger partial charge is 0.393 e. The van der Waals surface area contributed by atoms with Crippen molar-refractivity contribution in [2.45, 2.75) is 44.8 Å². The van der Waals surface area contributed by atoms with Gasteiger partial charge >= 0.3 is 0 Å². The number of sulfone groups is 1. The van der Waals surface area contributed by atoms with Crippen molar-refractivity contribution >= 4 is 9.84 Å². The fourth-order valence-electron chi connectivity index (χ4n) is 3.08. The Bertz CT molecular complexity index is 550. The van der Waals surface area contributed by atoms with Gasteiger partial charge in [0.1, 0.15) is 15.7 Å². The summed E-state index contributed by atoms with van der Waals surface area (Å²) in [6.07, 6.45) is 5.47. The number of fused-ring (bicyclic) bond motifs is 1. The quantitative estimate of drug-likeness (QED) is 0.861. The summed E-state index contributed by atoms with van der Waals surface area (Å²) in [5.41, 5.74) is 1.11. The molecular formula is C13H20N2O3S. The molecule has 1 N–H and O–H groups in total. The van der Waals surface area contributed by atoms with Gasteiger partial charge in [-0.2, -0.15) is 0 Å². The second kappa shape index (κ2) is 4.90. The molecule has 2 aliphatic heterocycles. The van der Waals surface area contributed by atoms with Crippen LogP contribution in [0, 0.1) is 5.92 Å². The summed E-state index contributed by atoms with van der Waals surface area (Å²) in [4.78, 5) is 4.47. The summed E-state index contributed by atoms with van der Waals surface area (Å²) in [5.74, 6) is 2.14. The summed E-state index contributed by atoms with van der Waals surface area (Å²) in [7, 11) is -2.78. The van der Waals surface area contributed by atoms with Crippen molar-refractivity contribution in [3.8, 4) is 0 Å². The van der Waals surface area contributed by atoms with Gasteiger partial charge in [0.2, 0.25) is 0 Å². The molecule has 106 valence electrons. The van der Waals surface area contributed by atoms with Gasteiger partial charge in [0, 0.05) is 31.3 Å². The Morgan fingerprint density at radius 3 is 2.79 bits per heavy atom. The van der Waals surface area contributed by atoms with E-state index in [0.29, 0.717) is 23.8 Å². The maximum Gasteiger partial charge on any atom is 0.150 e. The predicted octanol–water partition coefficient (Wildman–Crippen LogP) is 0.557. The zero-order valence-corrected chi connectivity index (χ0v) is 11.8. The van der Waals surface area contributed by atoms with Crippen molar-refractivity contribution < 1.29 is 13.5 Å². The third kappa shape index (κ3) is 2.84. The second-order valence-corrected chi connectivity index (χ2v) is 8.07. The molecule has 0 radical (unpaired) electrons. The van der Waals surface area contributed by atoms with E-state index in [-0.39, 0.29) is 6.10 Å². The molecule has 1 saturated heterocycles. The highest BCUT2D eigenvalue weighted by Crippen LogP contribution is 2.25. The van der Waals surface area contributed by atoms with Gasteiger partial charge in [0.05, 0.1) is 17.6 Å². The van der Waals surface area contributed by atoms with E-state index in [9.17, 15) is 13.5 Å². The molecule has 1 aromatic heterocycles. The van der Waals surface area contributed by atoms with E-state index in [0.717, 1.165) is 43.7 Å². The number of aliphatic hydroxyl groups excluding tert-OH is 1. The van der Waals surface area contributed by atoms with E-state index in [1.807, 2.05) is 6.20 Å². The highest BCUT2D eigenvalue weighted by molar-refractivity contribution is 7.91. The first kappa shape index (κ1) is 13.1. The molecule has 1 atom stereocenters. The van der Waals surface area contributed by atoms with E-state index in [2.05, 4.69) is 9.55 Å². The van der Waals surface area contributed by atoms with Crippen LogP contribution in [0.15, 0.2) is 6.20 Å². The van der Waals surface area contributed by atoms with E-state index >= 15 is 0 Å². The lowest BCUT2D eigenvalue weighted by Gasteiger charge is -2.24. The molecule has 2 aliphatic rings. The Hall–Kier alpha value is -0.880. The fourth-order valence-corrected chi connectivity index (χ4v) is 4.66. The average molecular weight is 284 g/mol. The van der Waals surface area contributed by atoms with Gasteiger partial charge < -0.3 is 9.67 Å². The van der Waals surface area contributed by atoms with Crippen LogP contribution in [0.25, 0.3) is 0 Å². The Balaban J connectivity index is 1.68. The van der Waals surface area contributed by atoms with Crippen LogP contribution in [0.5, 0.6) is 0 Å². The minimum atomic E-state index is -2.78. The molecule has 3 heterocycles. The van der Waals surface area contributed by atoms with Gasteiger partial charge in [-0.15, -0.1) is 0 Å². The van der Waals surface area contributed by atoms with Crippen LogP contribution < -0.4 is 0 Å². The first-order valence-electron chi connectivity index (χ1n) is 6.95. The molecule has 0 aromatic carbocycles. The smallest absolute Gasteiger partial charge is 0.150 e. The molecule has 1 unspecified atom stereocenters. The minimum absolute atomic E-state index is 0.239. The van der Waals surface area contributed by atoms with Gasteiger partial charge in [-0.3, -0.25) is 0 Å². The molecule has 0 amide bonds. The lowest BCUT2D eigenvalue weighted by atomic mass is 9.98. The topological polar surface area (TPSA) is 72.2 Å². The molecule has 0 aliphatic carbocycles. The number of hydrogen-bond donors (Lipinski definition) is 1. The van der Waals surface area contributed by atoms with Crippen LogP contribution >= 0.6 is 0 Å². The number of imidazole rings is 1. The maximum absolute atomic E-state index is 11.4. The number of nitrogens with zero attached hydrogens (tertiary/aromatic N) is 2. The molecule has 5 nitrogen and oxygen atoms in total. The van der Waals surface area contributed by atoms with Crippen LogP contribution in [0.3, 0.4) is 0 Å². The first-order valence-corrected chi connectivity index (χ1v) is 8.77. The van der Waals surface area contributed by atoms with Crippen molar-refractivity contribution in [3.63, 3.8) is 0 Å². The summed E-state index contributed by atoms with van der Waals surface area (Å²) >= 11 is 0. The lowest BCUT2D eigenvalue weighted by molar-refractivity contribution is 0.142. The van der Waals surface area contributed by atoms with Crippen LogP contribution in [0.1, 0.15) is 30.8 Å². The Morgan fingerprint density at radius 2 is 2.05 bits per heavy atom. The molecule has 3 rings (SSSR count). The van der Waals surface area contributed by atoms with Gasteiger partial charge in [0.25, 0.3) is 0 Å². The average Bonchev–Trinajstić information content (AvgIpc) is 2.74. The molecule has 6 heteroatoms. The molecular weight excluding hydrogens is 264 g/mol. The van der Waals surface area contributed by atoms with Crippen molar-refractivity contribution in [3.05, 3.63) is 17.7 Å². The van der Waals surface area contributed by atoms with Crippen molar-refractivity contribution in [2.75, 3.05) is 11.5 Å². The molecule has 0 saturated carbocycles. The summed E-state index contributed by atoms with van der Waals surface area (Å²) in [5, 5.41) is 9.64. The van der Waals surface area contributed by atoms with E-state index < -0.39 is 9.84 Å². The van der Waals surface area contributed by atoms with Crippen LogP contribution in [0.4, 0.5) is 0 Å². The first-order chi connectivity index (χ1) is 9.03. The monoisotopic (exact) mass is 284 g/mol. The highest BCUT2D eigenvalue weighted by Gasteiger charge is 2.26. The Morgan fingerprint density at radius 1 is 1.32 bits per heavy atom. The van der Waals surface area contributed by atoms with Crippen LogP contribution in [0.2, 0.25) is 0 Å². The molecule has 1 fully saturated rings. The van der Waals surface area contributed by atoms with E-state index in [4.69, 9.17) is 0 Å². The minimum Gasteiger partial charge on any atom is -0.393 e. The maximum atomic E-state index is 11.4. The Kier molecular flexibility index (Phi) is 3.39. The Labute approximate surface area is 113 Å². The molecule has 1 aromatic rings. The fraction of sp³-hybridized carbons (Fsp3) is 0.769. The van der Waals surface area contributed by atoms with Gasteiger partial charge in [-0.1, -0.05) is 0 Å². The normalized spacial score (nSPS) is 27.1. The standard InChI is InChI=1S/C13H20N2O3S/c16-12-1-4-15-11(8-12)9-14-13(15)7-10-2-5-19(17,18)6-3-10/h9-10,12,16H,1-8H2. The molecule has 0 spiro atoms. The summed E-state index contributed by atoms with van der Waals surface area (Å²) < 4.78 is 25.0. The lowest BCUT2D eigenvalue weighted by Crippen LogP contribution is -2.27. The van der Waals surface area contributed by atoms with Crippen molar-refractivity contribution in [1.29, 1.82) is 0 Å². The number of rotatable bonds is 2. The van der Waals surface area contributed by atoms with E-state index in [1.54, 1.807) is 0 Å². The zero-order valence-electron chi connectivity index (χ0n) is 11.0. The number of aliphatic hydroxyl groups is 1. The predicted molar refractivity (Wildman–Crippen MR) is 71.6 cm³/mol. The molecule has 0 bridgehead atoms. The third-order valence-electron chi connectivity index (χ3n) is 4.30. The van der Waals surface area contributed by atoms with Crippen LogP contribution in [-0.4, -0.2) is 40.7 Å². The number of hydrogen-bond acceptors (Lipinski definition) is 4. The second-order valence-electron chi connectivity index (χ2n) is 5.76. The SMILES string of the molecule is O=S1(=O)CCC(Cc2ncc3n2CCC(O)C3)CC1. The van der Waals surface area contributed by atoms with Gasteiger partial charge in [-0.05, 0) is 25.2 Å². The van der Waals surface area contributed by atoms with Crippen molar-refractivity contribution in [2.24, 2.45) is 5.92 Å².